The smallest absolute Gasteiger partial charge is 0.317 e. The molecule has 0 unspecified atom stereocenters. The molecule has 0 radical (unpaired) electrons. The second kappa shape index (κ2) is 11.3. The second-order valence-corrected chi connectivity index (χ2v) is 9.93. The van der Waals surface area contributed by atoms with Gasteiger partial charge in [0.1, 0.15) is 0 Å². The van der Waals surface area contributed by atoms with Crippen molar-refractivity contribution in [1.29, 1.82) is 0 Å². The summed E-state index contributed by atoms with van der Waals surface area (Å²) < 4.78 is 26.8. The SMILES string of the molecule is CCN(CC)C(=O)c1ccc(CNC(=O)N2CCN(S(=O)(=O)Cc3ccccc3)CC2)cc1. The highest BCUT2D eigenvalue weighted by atomic mass is 32.2. The minimum atomic E-state index is -3.42. The first-order valence-electron chi connectivity index (χ1n) is 11.3. The first kappa shape index (κ1) is 24.7. The van der Waals surface area contributed by atoms with Gasteiger partial charge in [0.15, 0.2) is 0 Å². The van der Waals surface area contributed by atoms with Crippen LogP contribution >= 0.6 is 0 Å². The Morgan fingerprint density at radius 2 is 1.48 bits per heavy atom. The molecule has 1 fully saturated rings. The highest BCUT2D eigenvalue weighted by Gasteiger charge is 2.28. The van der Waals surface area contributed by atoms with Crippen molar-refractivity contribution in [2.24, 2.45) is 0 Å². The van der Waals surface area contributed by atoms with Crippen molar-refractivity contribution in [1.82, 2.24) is 19.4 Å². The van der Waals surface area contributed by atoms with Gasteiger partial charge in [0.25, 0.3) is 5.91 Å². The van der Waals surface area contributed by atoms with E-state index in [-0.39, 0.29) is 30.8 Å². The molecular formula is C24H32N4O4S. The summed E-state index contributed by atoms with van der Waals surface area (Å²) in [6, 6.07) is 16.1. The number of sulfonamides is 1. The van der Waals surface area contributed by atoms with Crippen LogP contribution < -0.4 is 5.32 Å². The summed E-state index contributed by atoms with van der Waals surface area (Å²) in [6.45, 7) is 6.81. The van der Waals surface area contributed by atoms with Gasteiger partial charge in [0.2, 0.25) is 10.0 Å². The average molecular weight is 473 g/mol. The van der Waals surface area contributed by atoms with Gasteiger partial charge in [0, 0.05) is 51.4 Å². The van der Waals surface area contributed by atoms with Crippen LogP contribution in [0.5, 0.6) is 0 Å². The van der Waals surface area contributed by atoms with Crippen molar-refractivity contribution in [2.45, 2.75) is 26.1 Å². The first-order chi connectivity index (χ1) is 15.8. The zero-order valence-corrected chi connectivity index (χ0v) is 20.1. The minimum Gasteiger partial charge on any atom is -0.339 e. The second-order valence-electron chi connectivity index (χ2n) is 7.96. The Hall–Kier alpha value is -2.91. The largest absolute Gasteiger partial charge is 0.339 e. The van der Waals surface area contributed by atoms with Gasteiger partial charge in [-0.3, -0.25) is 4.79 Å². The normalized spacial score (nSPS) is 14.7. The molecule has 0 atom stereocenters. The molecule has 0 saturated carbocycles. The van der Waals surface area contributed by atoms with Crippen molar-refractivity contribution < 1.29 is 18.0 Å². The Labute approximate surface area is 196 Å². The van der Waals surface area contributed by atoms with Crippen LogP contribution in [0.2, 0.25) is 0 Å². The molecule has 0 aliphatic carbocycles. The van der Waals surface area contributed by atoms with Crippen LogP contribution in [0.4, 0.5) is 4.79 Å². The molecule has 2 aromatic rings. The number of amides is 3. The molecule has 178 valence electrons. The number of rotatable bonds is 8. The van der Waals surface area contributed by atoms with Gasteiger partial charge in [-0.05, 0) is 37.1 Å². The highest BCUT2D eigenvalue weighted by Crippen LogP contribution is 2.14. The number of urea groups is 1. The molecule has 1 N–H and O–H groups in total. The van der Waals surface area contributed by atoms with Gasteiger partial charge < -0.3 is 15.1 Å². The molecule has 3 rings (SSSR count). The maximum absolute atomic E-state index is 12.7. The third-order valence-electron chi connectivity index (χ3n) is 5.81. The van der Waals surface area contributed by atoms with Gasteiger partial charge in [-0.1, -0.05) is 42.5 Å². The predicted molar refractivity (Wildman–Crippen MR) is 128 cm³/mol. The molecule has 0 bridgehead atoms. The number of carbonyl (C=O) groups excluding carboxylic acids is 2. The fourth-order valence-corrected chi connectivity index (χ4v) is 5.31. The average Bonchev–Trinajstić information content (AvgIpc) is 2.84. The summed E-state index contributed by atoms with van der Waals surface area (Å²) in [5.41, 5.74) is 2.27. The molecule has 3 amide bonds. The fraction of sp³-hybridized carbons (Fsp3) is 0.417. The molecule has 1 aliphatic heterocycles. The van der Waals surface area contributed by atoms with Crippen LogP contribution in [0.25, 0.3) is 0 Å². The van der Waals surface area contributed by atoms with Crippen molar-refractivity contribution in [2.75, 3.05) is 39.3 Å². The molecule has 1 saturated heterocycles. The zero-order chi connectivity index (χ0) is 23.8. The molecular weight excluding hydrogens is 440 g/mol. The minimum absolute atomic E-state index is 0.00401. The van der Waals surface area contributed by atoms with E-state index >= 15 is 0 Å². The summed E-state index contributed by atoms with van der Waals surface area (Å²) in [6.07, 6.45) is 0. The lowest BCUT2D eigenvalue weighted by Gasteiger charge is -2.34. The number of benzene rings is 2. The van der Waals surface area contributed by atoms with Gasteiger partial charge >= 0.3 is 6.03 Å². The molecule has 0 aromatic heterocycles. The summed E-state index contributed by atoms with van der Waals surface area (Å²) >= 11 is 0. The van der Waals surface area contributed by atoms with Gasteiger partial charge in [-0.15, -0.1) is 0 Å². The van der Waals surface area contributed by atoms with Crippen LogP contribution in [-0.4, -0.2) is 73.7 Å². The van der Waals surface area contributed by atoms with E-state index in [1.54, 1.807) is 34.1 Å². The lowest BCUT2D eigenvalue weighted by molar-refractivity contribution is 0.0773. The van der Waals surface area contributed by atoms with E-state index in [0.29, 0.717) is 38.3 Å². The van der Waals surface area contributed by atoms with E-state index in [1.165, 1.54) is 4.31 Å². The number of nitrogens with one attached hydrogen (secondary N) is 1. The quantitative estimate of drug-likeness (QED) is 0.639. The molecule has 0 spiro atoms. The van der Waals surface area contributed by atoms with E-state index in [1.807, 2.05) is 44.2 Å². The van der Waals surface area contributed by atoms with Crippen molar-refractivity contribution >= 4 is 22.0 Å². The van der Waals surface area contributed by atoms with Crippen LogP contribution in [0.3, 0.4) is 0 Å². The number of hydrogen-bond acceptors (Lipinski definition) is 4. The number of piperazine rings is 1. The van der Waals surface area contributed by atoms with Crippen LogP contribution in [-0.2, 0) is 22.3 Å². The van der Waals surface area contributed by atoms with E-state index < -0.39 is 10.0 Å². The summed E-state index contributed by atoms with van der Waals surface area (Å²) in [4.78, 5) is 28.3. The van der Waals surface area contributed by atoms with Crippen LogP contribution in [0, 0.1) is 0 Å². The van der Waals surface area contributed by atoms with Gasteiger partial charge in [0.05, 0.1) is 5.75 Å². The Morgan fingerprint density at radius 1 is 0.879 bits per heavy atom. The van der Waals surface area contributed by atoms with Gasteiger partial charge in [-0.2, -0.15) is 4.31 Å². The summed E-state index contributed by atoms with van der Waals surface area (Å²) in [7, 11) is -3.42. The standard InChI is InChI=1S/C24H32N4O4S/c1-3-26(4-2)23(29)22-12-10-20(11-13-22)18-25-24(30)27-14-16-28(17-15-27)33(31,32)19-21-8-6-5-7-9-21/h5-13H,3-4,14-19H2,1-2H3,(H,25,30). The summed E-state index contributed by atoms with van der Waals surface area (Å²) in [5, 5.41) is 2.88. The van der Waals surface area contributed by atoms with Crippen molar-refractivity contribution in [3.05, 3.63) is 71.3 Å². The monoisotopic (exact) mass is 472 g/mol. The first-order valence-corrected chi connectivity index (χ1v) is 12.9. The predicted octanol–water partition coefficient (Wildman–Crippen LogP) is 2.53. The van der Waals surface area contributed by atoms with Gasteiger partial charge in [-0.25, -0.2) is 13.2 Å². The Bertz CT molecular complexity index is 1030. The Balaban J connectivity index is 1.47. The molecule has 8 nitrogen and oxygen atoms in total. The topological polar surface area (TPSA) is 90.0 Å². The highest BCUT2D eigenvalue weighted by molar-refractivity contribution is 7.88. The van der Waals surface area contributed by atoms with E-state index in [0.717, 1.165) is 11.1 Å². The molecule has 1 heterocycles. The maximum atomic E-state index is 12.7. The van der Waals surface area contributed by atoms with E-state index in [9.17, 15) is 18.0 Å². The fourth-order valence-electron chi connectivity index (χ4n) is 3.79. The lowest BCUT2D eigenvalue weighted by Crippen LogP contribution is -2.53. The molecule has 1 aliphatic rings. The molecule has 33 heavy (non-hydrogen) atoms. The Morgan fingerprint density at radius 3 is 2.06 bits per heavy atom. The van der Waals surface area contributed by atoms with Crippen LogP contribution in [0.15, 0.2) is 54.6 Å². The van der Waals surface area contributed by atoms with E-state index in [4.69, 9.17) is 0 Å². The third kappa shape index (κ3) is 6.55. The number of carbonyl (C=O) groups is 2. The summed E-state index contributed by atoms with van der Waals surface area (Å²) in [5.74, 6) is -0.0389. The Kier molecular flexibility index (Phi) is 8.46. The number of nitrogens with zero attached hydrogens (tertiary/aromatic N) is 3. The number of hydrogen-bond donors (Lipinski definition) is 1. The van der Waals surface area contributed by atoms with E-state index in [2.05, 4.69) is 5.32 Å². The molecule has 9 heteroatoms. The zero-order valence-electron chi connectivity index (χ0n) is 19.2. The maximum Gasteiger partial charge on any atom is 0.317 e. The van der Waals surface area contributed by atoms with Crippen LogP contribution in [0.1, 0.15) is 35.3 Å². The third-order valence-corrected chi connectivity index (χ3v) is 7.66. The van der Waals surface area contributed by atoms with Crippen molar-refractivity contribution in [3.63, 3.8) is 0 Å². The molecule has 2 aromatic carbocycles. The van der Waals surface area contributed by atoms with Crippen molar-refractivity contribution in [3.8, 4) is 0 Å². The lowest BCUT2D eigenvalue weighted by atomic mass is 10.1.